The van der Waals surface area contributed by atoms with Crippen LogP contribution in [0.3, 0.4) is 0 Å². The van der Waals surface area contributed by atoms with Gasteiger partial charge in [-0.1, -0.05) is 55.0 Å². The Bertz CT molecular complexity index is 2080. The van der Waals surface area contributed by atoms with Crippen LogP contribution in [0.15, 0.2) is 60.8 Å². The highest BCUT2D eigenvalue weighted by Crippen LogP contribution is 2.22. The van der Waals surface area contributed by atoms with Gasteiger partial charge in [-0.05, 0) is 79.8 Å². The molecule has 370 valence electrons. The second-order valence-electron chi connectivity index (χ2n) is 16.6. The Morgan fingerprint density at radius 2 is 1.19 bits per heavy atom. The molecule has 0 saturated heterocycles. The van der Waals surface area contributed by atoms with Crippen molar-refractivity contribution in [2.75, 3.05) is 51.7 Å². The molecule has 2 aromatic heterocycles. The summed E-state index contributed by atoms with van der Waals surface area (Å²) in [4.78, 5) is 37.9. The van der Waals surface area contributed by atoms with E-state index in [1.54, 1.807) is 12.3 Å². The van der Waals surface area contributed by atoms with E-state index < -0.39 is 74.0 Å². The number of hydrogen-bond acceptors (Lipinski definition) is 18. The molecule has 9 atom stereocenters. The standard InChI is InChI=1S/C45H68N10O12/c46-30(8-2-4-21-55(22-32(58)37(62)39(64)34(60)24-56)23-33(59)38(63)40(65)35(61)25-57)43(66)50-19-5-7-27-11-15-29(16-12-27)28-13-9-26(10-14-28)6-1-3-18-51-45(48)54-44(67)36-41(47)53-42-31(52-36)17-20-49-42/h9-17,20,30,32-35,37-40,56-65H,1-8,18-19,21-25,46H2,(H,50,66)(H3,47,49,53)(H3,48,51,54,67)/t30-,32-,33-,34+,35+,37+,38+,39+,40+/m1/s1. The fourth-order valence-corrected chi connectivity index (χ4v) is 7.26. The summed E-state index contributed by atoms with van der Waals surface area (Å²) in [5.41, 5.74) is 17.4. The van der Waals surface area contributed by atoms with Crippen molar-refractivity contribution in [2.24, 2.45) is 5.73 Å². The predicted octanol–water partition coefficient (Wildman–Crippen LogP) is -2.80. The molecule has 22 nitrogen and oxygen atoms in total. The number of aromatic nitrogens is 3. The number of carbonyl (C=O) groups excluding carboxylic acids is 2. The van der Waals surface area contributed by atoms with Gasteiger partial charge in [0.15, 0.2) is 23.1 Å². The highest BCUT2D eigenvalue weighted by molar-refractivity contribution is 6.06. The number of hydrogen-bond donors (Lipinski definition) is 17. The Morgan fingerprint density at radius 1 is 0.672 bits per heavy atom. The van der Waals surface area contributed by atoms with Crippen LogP contribution in [0.5, 0.6) is 0 Å². The highest BCUT2D eigenvalue weighted by atomic mass is 16.4. The lowest BCUT2D eigenvalue weighted by molar-refractivity contribution is -0.130. The Hall–Kier alpha value is -5.21. The van der Waals surface area contributed by atoms with Gasteiger partial charge in [0, 0.05) is 32.4 Å². The van der Waals surface area contributed by atoms with Gasteiger partial charge in [-0.15, -0.1) is 0 Å². The topological polar surface area (TPSA) is 393 Å². The summed E-state index contributed by atoms with van der Waals surface area (Å²) in [6.07, 6.45) is -7.75. The maximum absolute atomic E-state index is 12.7. The molecule has 67 heavy (non-hydrogen) atoms. The van der Waals surface area contributed by atoms with Crippen molar-refractivity contribution in [1.29, 1.82) is 5.41 Å². The first kappa shape index (κ1) is 54.4. The number of nitrogens with zero attached hydrogens (tertiary/aromatic N) is 3. The number of nitrogens with two attached hydrogens (primary N) is 2. The number of H-pyrrole nitrogens is 1. The zero-order valence-electron chi connectivity index (χ0n) is 37.4. The van der Waals surface area contributed by atoms with Gasteiger partial charge in [0.05, 0.1) is 31.5 Å². The van der Waals surface area contributed by atoms with Gasteiger partial charge >= 0.3 is 0 Å². The third-order valence-corrected chi connectivity index (χ3v) is 11.4. The molecule has 0 bridgehead atoms. The van der Waals surface area contributed by atoms with Gasteiger partial charge < -0.3 is 78.2 Å². The summed E-state index contributed by atoms with van der Waals surface area (Å²) < 4.78 is 0. The highest BCUT2D eigenvalue weighted by Gasteiger charge is 2.34. The molecule has 4 aromatic rings. The van der Waals surface area contributed by atoms with Crippen molar-refractivity contribution in [3.05, 3.63) is 77.6 Å². The molecule has 0 aliphatic rings. The molecular formula is C45H68N10O12. The fourth-order valence-electron chi connectivity index (χ4n) is 7.26. The predicted molar refractivity (Wildman–Crippen MR) is 248 cm³/mol. The molecule has 22 heteroatoms. The number of aromatic amines is 1. The molecule has 4 rings (SSSR count). The molecule has 0 saturated carbocycles. The van der Waals surface area contributed by atoms with Gasteiger partial charge in [-0.25, -0.2) is 9.97 Å². The number of aliphatic hydroxyl groups excluding tert-OH is 10. The number of aryl methyl sites for hydroxylation is 2. The number of guanidine groups is 1. The van der Waals surface area contributed by atoms with Crippen LogP contribution in [0, 0.1) is 5.41 Å². The molecule has 0 aliphatic carbocycles. The van der Waals surface area contributed by atoms with Gasteiger partial charge in [-0.2, -0.15) is 0 Å². The molecule has 0 unspecified atom stereocenters. The molecule has 0 aliphatic heterocycles. The molecule has 19 N–H and O–H groups in total. The Kier molecular flexibility index (Phi) is 22.4. The minimum absolute atomic E-state index is 0.0286. The first-order valence-electron chi connectivity index (χ1n) is 22.4. The minimum atomic E-state index is -1.89. The second kappa shape index (κ2) is 27.6. The average Bonchev–Trinajstić information content (AvgIpc) is 3.79. The molecule has 0 spiro atoms. The van der Waals surface area contributed by atoms with Gasteiger partial charge in [-0.3, -0.25) is 25.2 Å². The number of nitrogens with one attached hydrogen (secondary N) is 5. The Labute approximate surface area is 388 Å². The van der Waals surface area contributed by atoms with Crippen molar-refractivity contribution >= 4 is 34.8 Å². The summed E-state index contributed by atoms with van der Waals surface area (Å²) in [6.45, 7) is -1.48. The smallest absolute Gasteiger partial charge is 0.280 e. The van der Waals surface area contributed by atoms with Gasteiger partial charge in [0.25, 0.3) is 5.91 Å². The number of rotatable bonds is 29. The van der Waals surface area contributed by atoms with Crippen LogP contribution < -0.4 is 27.4 Å². The lowest BCUT2D eigenvalue weighted by Crippen LogP contribution is -2.53. The zero-order valence-corrected chi connectivity index (χ0v) is 37.4. The number of anilines is 1. The van der Waals surface area contributed by atoms with Crippen molar-refractivity contribution < 1.29 is 60.7 Å². The number of nitrogen functional groups attached to an aromatic ring is 1. The summed E-state index contributed by atoms with van der Waals surface area (Å²) in [5.74, 6) is -1.12. The number of aliphatic hydroxyl groups is 10. The largest absolute Gasteiger partial charge is 0.394 e. The monoisotopic (exact) mass is 941 g/mol. The fraction of sp³-hybridized carbons (Fsp3) is 0.533. The molecule has 0 radical (unpaired) electrons. The van der Waals surface area contributed by atoms with E-state index in [1.165, 1.54) is 10.5 Å². The lowest BCUT2D eigenvalue weighted by atomic mass is 9.99. The van der Waals surface area contributed by atoms with Crippen LogP contribution in [-0.4, -0.2) is 190 Å². The molecule has 2 aromatic carbocycles. The van der Waals surface area contributed by atoms with Crippen LogP contribution >= 0.6 is 0 Å². The Balaban J connectivity index is 1.11. The summed E-state index contributed by atoms with van der Waals surface area (Å²) in [5, 5.41) is 115. The van der Waals surface area contributed by atoms with Crippen molar-refractivity contribution in [1.82, 2.24) is 35.8 Å². The van der Waals surface area contributed by atoms with E-state index in [0.29, 0.717) is 43.5 Å². The van der Waals surface area contributed by atoms with E-state index in [9.17, 15) is 50.4 Å². The third kappa shape index (κ3) is 17.1. The summed E-state index contributed by atoms with van der Waals surface area (Å²) in [6, 6.07) is 17.4. The van der Waals surface area contributed by atoms with Crippen molar-refractivity contribution in [3.63, 3.8) is 0 Å². The third-order valence-electron chi connectivity index (χ3n) is 11.4. The van der Waals surface area contributed by atoms with E-state index >= 15 is 0 Å². The number of fused-ring (bicyclic) bond motifs is 1. The van der Waals surface area contributed by atoms with Crippen LogP contribution in [0.1, 0.15) is 60.1 Å². The second-order valence-corrected chi connectivity index (χ2v) is 16.6. The van der Waals surface area contributed by atoms with Crippen LogP contribution in [0.4, 0.5) is 5.82 Å². The first-order valence-corrected chi connectivity index (χ1v) is 22.4. The number of carbonyl (C=O) groups is 2. The molecule has 2 amide bonds. The van der Waals surface area contributed by atoms with Crippen LogP contribution in [0.2, 0.25) is 0 Å². The van der Waals surface area contributed by atoms with E-state index in [4.69, 9.17) is 27.1 Å². The number of unbranched alkanes of at least 4 members (excludes halogenated alkanes) is 2. The zero-order chi connectivity index (χ0) is 49.0. The van der Waals surface area contributed by atoms with Gasteiger partial charge in [0.2, 0.25) is 5.91 Å². The maximum atomic E-state index is 12.7. The SMILES string of the molecule is N=C(NCCCCc1ccc(-c2ccc(CCCNC(=O)[C@H](N)CCCCN(C[C@@H](O)[C@H](O)[C@@H](O)[C@@H](O)CO)C[C@@H](O)[C@H](O)[C@@H](O)[C@@H](O)CO)cc2)cc1)NC(=O)c1nc2cc[nH]c2nc1N. The van der Waals surface area contributed by atoms with Crippen molar-refractivity contribution in [2.45, 2.75) is 106 Å². The number of benzene rings is 2. The van der Waals surface area contributed by atoms with Crippen molar-refractivity contribution in [3.8, 4) is 11.1 Å². The van der Waals surface area contributed by atoms with E-state index in [0.717, 1.165) is 42.4 Å². The maximum Gasteiger partial charge on any atom is 0.280 e. The van der Waals surface area contributed by atoms with E-state index in [2.05, 4.69) is 79.4 Å². The minimum Gasteiger partial charge on any atom is -0.394 e. The van der Waals surface area contributed by atoms with Crippen LogP contribution in [-0.2, 0) is 17.6 Å². The van der Waals surface area contributed by atoms with E-state index in [1.807, 2.05) is 0 Å². The van der Waals surface area contributed by atoms with Gasteiger partial charge in [0.1, 0.15) is 42.1 Å². The molecular weight excluding hydrogens is 873 g/mol. The number of amides is 2. The first-order chi connectivity index (χ1) is 32.0. The van der Waals surface area contributed by atoms with Crippen LogP contribution in [0.25, 0.3) is 22.3 Å². The molecule has 0 fully saturated rings. The summed E-state index contributed by atoms with van der Waals surface area (Å²) in [7, 11) is 0. The lowest BCUT2D eigenvalue weighted by Gasteiger charge is -2.33. The quantitative estimate of drug-likeness (QED) is 0.0149. The summed E-state index contributed by atoms with van der Waals surface area (Å²) >= 11 is 0. The van der Waals surface area contributed by atoms with E-state index in [-0.39, 0.29) is 49.4 Å². The Morgan fingerprint density at radius 3 is 1.75 bits per heavy atom. The average molecular weight is 941 g/mol. The molecule has 2 heterocycles. The normalized spacial score (nSPS) is 15.8.